The Labute approximate surface area is 144 Å². The SMILES string of the molecule is CC(NC(=O)C1CCCN1C(=O)C(N)CO)C(=O)NC(CO)C(=O)O. The predicted octanol–water partition coefficient (Wildman–Crippen LogP) is -3.64. The number of hydrogen-bond donors (Lipinski definition) is 6. The predicted molar refractivity (Wildman–Crippen MR) is 84.1 cm³/mol. The number of amides is 3. The second-order valence-corrected chi connectivity index (χ2v) is 5.79. The third-order valence-electron chi connectivity index (χ3n) is 3.90. The van der Waals surface area contributed by atoms with Gasteiger partial charge in [-0.1, -0.05) is 0 Å². The number of hydrogen-bond acceptors (Lipinski definition) is 7. The highest BCUT2D eigenvalue weighted by molar-refractivity contribution is 5.94. The number of nitrogens with one attached hydrogen (secondary N) is 2. The van der Waals surface area contributed by atoms with E-state index in [9.17, 15) is 19.2 Å². The van der Waals surface area contributed by atoms with Gasteiger partial charge >= 0.3 is 5.97 Å². The number of carbonyl (C=O) groups is 4. The zero-order valence-electron chi connectivity index (χ0n) is 13.8. The topological polar surface area (TPSA) is 182 Å². The van der Waals surface area contributed by atoms with Gasteiger partial charge in [0.25, 0.3) is 0 Å². The van der Waals surface area contributed by atoms with E-state index in [-0.39, 0.29) is 0 Å². The molecule has 142 valence electrons. The number of aliphatic hydroxyl groups is 2. The van der Waals surface area contributed by atoms with Gasteiger partial charge in [0.05, 0.1) is 13.2 Å². The maximum absolute atomic E-state index is 12.3. The van der Waals surface area contributed by atoms with Crippen molar-refractivity contribution in [2.75, 3.05) is 19.8 Å². The summed E-state index contributed by atoms with van der Waals surface area (Å²) in [4.78, 5) is 48.3. The molecule has 1 heterocycles. The summed E-state index contributed by atoms with van der Waals surface area (Å²) in [6.45, 7) is 0.340. The number of carboxylic acid groups (broad SMARTS) is 1. The van der Waals surface area contributed by atoms with E-state index in [1.165, 1.54) is 11.8 Å². The molecule has 3 amide bonds. The monoisotopic (exact) mass is 360 g/mol. The first kappa shape index (κ1) is 20.8. The highest BCUT2D eigenvalue weighted by atomic mass is 16.4. The summed E-state index contributed by atoms with van der Waals surface area (Å²) in [6, 6.07) is -4.47. The average Bonchev–Trinajstić information content (AvgIpc) is 3.07. The summed E-state index contributed by atoms with van der Waals surface area (Å²) in [5.74, 6) is -3.31. The van der Waals surface area contributed by atoms with Crippen LogP contribution in [0.5, 0.6) is 0 Å². The molecule has 25 heavy (non-hydrogen) atoms. The number of carbonyl (C=O) groups excluding carboxylic acids is 3. The van der Waals surface area contributed by atoms with Crippen molar-refractivity contribution in [3.63, 3.8) is 0 Å². The van der Waals surface area contributed by atoms with Crippen LogP contribution in [0.1, 0.15) is 19.8 Å². The molecule has 0 bridgehead atoms. The summed E-state index contributed by atoms with van der Waals surface area (Å²) in [5, 5.41) is 31.1. The van der Waals surface area contributed by atoms with E-state index in [0.29, 0.717) is 19.4 Å². The maximum atomic E-state index is 12.3. The van der Waals surface area contributed by atoms with E-state index >= 15 is 0 Å². The summed E-state index contributed by atoms with van der Waals surface area (Å²) in [6.07, 6.45) is 0.965. The Hall–Kier alpha value is -2.24. The molecule has 1 saturated heterocycles. The van der Waals surface area contributed by atoms with Crippen molar-refractivity contribution in [1.29, 1.82) is 0 Å². The van der Waals surface area contributed by atoms with Crippen LogP contribution in [0, 0.1) is 0 Å². The van der Waals surface area contributed by atoms with Crippen molar-refractivity contribution < 1.29 is 34.5 Å². The molecule has 1 rings (SSSR count). The normalized spacial score (nSPS) is 20.5. The molecule has 0 radical (unpaired) electrons. The van der Waals surface area contributed by atoms with Gasteiger partial charge in [0, 0.05) is 6.54 Å². The lowest BCUT2D eigenvalue weighted by Gasteiger charge is -2.27. The molecule has 11 nitrogen and oxygen atoms in total. The van der Waals surface area contributed by atoms with Crippen molar-refractivity contribution in [1.82, 2.24) is 15.5 Å². The van der Waals surface area contributed by atoms with Crippen LogP contribution in [0.4, 0.5) is 0 Å². The number of rotatable bonds is 8. The molecule has 4 atom stereocenters. The van der Waals surface area contributed by atoms with Crippen LogP contribution < -0.4 is 16.4 Å². The van der Waals surface area contributed by atoms with Gasteiger partial charge in [0.1, 0.15) is 24.2 Å². The van der Waals surface area contributed by atoms with Crippen LogP contribution >= 0.6 is 0 Å². The third kappa shape index (κ3) is 5.37. The highest BCUT2D eigenvalue weighted by Gasteiger charge is 2.37. The number of aliphatic hydroxyl groups excluding tert-OH is 2. The molecule has 0 aromatic rings. The van der Waals surface area contributed by atoms with E-state index in [0.717, 1.165) is 0 Å². The molecule has 1 fully saturated rings. The average molecular weight is 360 g/mol. The largest absolute Gasteiger partial charge is 0.480 e. The van der Waals surface area contributed by atoms with Gasteiger partial charge in [0.15, 0.2) is 0 Å². The van der Waals surface area contributed by atoms with Gasteiger partial charge < -0.3 is 36.6 Å². The summed E-state index contributed by atoms with van der Waals surface area (Å²) < 4.78 is 0. The molecule has 1 aliphatic rings. The van der Waals surface area contributed by atoms with E-state index in [1.807, 2.05) is 0 Å². The minimum Gasteiger partial charge on any atom is -0.480 e. The zero-order chi connectivity index (χ0) is 19.1. The van der Waals surface area contributed by atoms with Gasteiger partial charge in [-0.2, -0.15) is 0 Å². The van der Waals surface area contributed by atoms with Crippen LogP contribution in [-0.4, -0.2) is 87.8 Å². The highest BCUT2D eigenvalue weighted by Crippen LogP contribution is 2.18. The lowest BCUT2D eigenvalue weighted by atomic mass is 10.1. The molecule has 0 aromatic heterocycles. The van der Waals surface area contributed by atoms with E-state index in [2.05, 4.69) is 10.6 Å². The second-order valence-electron chi connectivity index (χ2n) is 5.79. The summed E-state index contributed by atoms with van der Waals surface area (Å²) in [7, 11) is 0. The van der Waals surface area contributed by atoms with Gasteiger partial charge in [-0.15, -0.1) is 0 Å². The fraction of sp³-hybridized carbons (Fsp3) is 0.714. The number of carboxylic acids is 1. The first-order valence-electron chi connectivity index (χ1n) is 7.84. The Kier molecular flexibility index (Phi) is 7.74. The van der Waals surface area contributed by atoms with Crippen LogP contribution in [-0.2, 0) is 19.2 Å². The Bertz CT molecular complexity index is 527. The molecule has 0 saturated carbocycles. The Balaban J connectivity index is 2.66. The van der Waals surface area contributed by atoms with Crippen molar-refractivity contribution in [2.45, 2.75) is 43.9 Å². The van der Waals surface area contributed by atoms with Crippen LogP contribution in [0.2, 0.25) is 0 Å². The summed E-state index contributed by atoms with van der Waals surface area (Å²) >= 11 is 0. The molecule has 4 unspecified atom stereocenters. The smallest absolute Gasteiger partial charge is 0.328 e. The van der Waals surface area contributed by atoms with Crippen molar-refractivity contribution >= 4 is 23.7 Å². The minimum absolute atomic E-state index is 0.316. The molecule has 0 aromatic carbocycles. The lowest BCUT2D eigenvalue weighted by Crippen LogP contribution is -2.56. The molecule has 11 heteroatoms. The van der Waals surface area contributed by atoms with Crippen molar-refractivity contribution in [3.8, 4) is 0 Å². The molecule has 0 spiro atoms. The molecule has 7 N–H and O–H groups in total. The quantitative estimate of drug-likeness (QED) is 0.256. The standard InChI is InChI=1S/C14H24N4O7/c1-7(11(21)17-9(6-20)14(24)25)16-12(22)10-3-2-4-18(10)13(23)8(15)5-19/h7-10,19-20H,2-6,15H2,1H3,(H,16,22)(H,17,21)(H,24,25). The molecular weight excluding hydrogens is 336 g/mol. The molecular formula is C14H24N4O7. The lowest BCUT2D eigenvalue weighted by molar-refractivity contribution is -0.144. The number of nitrogens with zero attached hydrogens (tertiary/aromatic N) is 1. The number of likely N-dealkylation sites (tertiary alicyclic amines) is 1. The van der Waals surface area contributed by atoms with Gasteiger partial charge in [-0.05, 0) is 19.8 Å². The van der Waals surface area contributed by atoms with Crippen LogP contribution in [0.15, 0.2) is 0 Å². The Morgan fingerprint density at radius 2 is 1.84 bits per heavy atom. The number of aliphatic carboxylic acids is 1. The number of nitrogens with two attached hydrogens (primary N) is 1. The van der Waals surface area contributed by atoms with Crippen molar-refractivity contribution in [2.24, 2.45) is 5.73 Å². The van der Waals surface area contributed by atoms with Crippen LogP contribution in [0.25, 0.3) is 0 Å². The Morgan fingerprint density at radius 3 is 2.36 bits per heavy atom. The Morgan fingerprint density at radius 1 is 1.20 bits per heavy atom. The van der Waals surface area contributed by atoms with E-state index in [4.69, 9.17) is 21.1 Å². The van der Waals surface area contributed by atoms with Gasteiger partial charge in [0.2, 0.25) is 17.7 Å². The summed E-state index contributed by atoms with van der Waals surface area (Å²) in [5.41, 5.74) is 5.49. The second kappa shape index (κ2) is 9.30. The fourth-order valence-electron chi connectivity index (χ4n) is 2.45. The third-order valence-corrected chi connectivity index (χ3v) is 3.90. The van der Waals surface area contributed by atoms with Crippen LogP contribution in [0.3, 0.4) is 0 Å². The molecule has 1 aliphatic heterocycles. The first-order chi connectivity index (χ1) is 11.7. The van der Waals surface area contributed by atoms with E-state index < -0.39 is 61.1 Å². The molecule has 0 aliphatic carbocycles. The van der Waals surface area contributed by atoms with Gasteiger partial charge in [-0.3, -0.25) is 14.4 Å². The van der Waals surface area contributed by atoms with Crippen molar-refractivity contribution in [3.05, 3.63) is 0 Å². The zero-order valence-corrected chi connectivity index (χ0v) is 13.8. The first-order valence-corrected chi connectivity index (χ1v) is 7.84. The van der Waals surface area contributed by atoms with E-state index in [1.54, 1.807) is 0 Å². The van der Waals surface area contributed by atoms with Gasteiger partial charge in [-0.25, -0.2) is 4.79 Å². The fourth-order valence-corrected chi connectivity index (χ4v) is 2.45. The minimum atomic E-state index is -1.47. The maximum Gasteiger partial charge on any atom is 0.328 e.